The molecule has 0 unspecified atom stereocenters. The third-order valence-corrected chi connectivity index (χ3v) is 5.85. The summed E-state index contributed by atoms with van der Waals surface area (Å²) in [5.74, 6) is 0.670. The van der Waals surface area contributed by atoms with Gasteiger partial charge in [-0.2, -0.15) is 0 Å². The van der Waals surface area contributed by atoms with Gasteiger partial charge in [-0.05, 0) is 65.5 Å². The predicted octanol–water partition coefficient (Wildman–Crippen LogP) is 6.01. The third-order valence-electron chi connectivity index (χ3n) is 5.85. The number of phenolic OH excluding ortho intramolecular Hbond substituents is 1. The molecule has 1 N–H and O–H groups in total. The van der Waals surface area contributed by atoms with Gasteiger partial charge in [0.25, 0.3) is 0 Å². The molecule has 0 spiro atoms. The Morgan fingerprint density at radius 3 is 2.68 bits per heavy atom. The van der Waals surface area contributed by atoms with E-state index < -0.39 is 5.41 Å². The van der Waals surface area contributed by atoms with Crippen LogP contribution in [0.5, 0.6) is 11.5 Å². The van der Waals surface area contributed by atoms with Crippen molar-refractivity contribution < 1.29 is 14.3 Å². The topological polar surface area (TPSA) is 59.7 Å². The summed E-state index contributed by atoms with van der Waals surface area (Å²) in [6.45, 7) is 10.5. The lowest BCUT2D eigenvalue weighted by molar-refractivity contribution is 0.169. The van der Waals surface area contributed by atoms with Gasteiger partial charge in [0.1, 0.15) is 23.2 Å². The highest BCUT2D eigenvalue weighted by Crippen LogP contribution is 2.47. The number of fused-ring (bicyclic) bond motifs is 3. The highest BCUT2D eigenvalue weighted by atomic mass is 16.5. The van der Waals surface area contributed by atoms with Crippen LogP contribution in [0.4, 0.5) is 0 Å². The van der Waals surface area contributed by atoms with Crippen LogP contribution in [0.25, 0.3) is 11.0 Å². The predicted molar refractivity (Wildman–Crippen MR) is 113 cm³/mol. The lowest BCUT2D eigenvalue weighted by atomic mass is 9.76. The summed E-state index contributed by atoms with van der Waals surface area (Å²) in [6, 6.07) is 4.79. The molecule has 2 atom stereocenters. The molecule has 150 valence electrons. The van der Waals surface area contributed by atoms with Gasteiger partial charge in [0, 0.05) is 11.5 Å². The fourth-order valence-corrected chi connectivity index (χ4v) is 3.92. The molecule has 3 rings (SSSR count). The van der Waals surface area contributed by atoms with Crippen LogP contribution in [0.2, 0.25) is 0 Å². The molecule has 28 heavy (non-hydrogen) atoms. The van der Waals surface area contributed by atoms with E-state index in [0.29, 0.717) is 16.9 Å². The number of aromatic hydroxyl groups is 1. The smallest absolute Gasteiger partial charge is 0.343 e. The maximum absolute atomic E-state index is 12.7. The van der Waals surface area contributed by atoms with Crippen molar-refractivity contribution in [2.75, 3.05) is 0 Å². The molecular weight excluding hydrogens is 352 g/mol. The number of phenols is 1. The van der Waals surface area contributed by atoms with E-state index in [4.69, 9.17) is 9.15 Å². The van der Waals surface area contributed by atoms with Gasteiger partial charge in [-0.25, -0.2) is 4.79 Å². The second kappa shape index (κ2) is 7.86. The average Bonchev–Trinajstić information content (AvgIpc) is 2.86. The molecular formula is C24H30O4. The molecule has 0 saturated carbocycles. The van der Waals surface area contributed by atoms with E-state index in [1.807, 2.05) is 6.92 Å². The molecule has 0 radical (unpaired) electrons. The minimum Gasteiger partial charge on any atom is -0.508 e. The molecule has 4 nitrogen and oxygen atoms in total. The molecule has 0 amide bonds. The Morgan fingerprint density at radius 2 is 1.96 bits per heavy atom. The highest BCUT2D eigenvalue weighted by Gasteiger charge is 2.46. The van der Waals surface area contributed by atoms with Crippen molar-refractivity contribution in [2.24, 2.45) is 0 Å². The zero-order chi connectivity index (χ0) is 20.5. The summed E-state index contributed by atoms with van der Waals surface area (Å²) in [4.78, 5) is 12.7. The molecule has 1 aliphatic heterocycles. The van der Waals surface area contributed by atoms with Crippen LogP contribution in [-0.4, -0.2) is 11.2 Å². The molecule has 0 aliphatic carbocycles. The Balaban J connectivity index is 1.85. The summed E-state index contributed by atoms with van der Waals surface area (Å²) < 4.78 is 11.6. The van der Waals surface area contributed by atoms with Crippen molar-refractivity contribution in [1.82, 2.24) is 0 Å². The first-order chi connectivity index (χ1) is 13.2. The van der Waals surface area contributed by atoms with Gasteiger partial charge in [-0.3, -0.25) is 0 Å². The number of benzene rings is 1. The molecule has 0 saturated heterocycles. The van der Waals surface area contributed by atoms with E-state index in [1.54, 1.807) is 12.1 Å². The number of hydrogen-bond acceptors (Lipinski definition) is 4. The van der Waals surface area contributed by atoms with Gasteiger partial charge in [0.05, 0.1) is 10.9 Å². The van der Waals surface area contributed by atoms with Crippen molar-refractivity contribution in [3.63, 3.8) is 0 Å². The van der Waals surface area contributed by atoms with E-state index >= 15 is 0 Å². The lowest BCUT2D eigenvalue weighted by Gasteiger charge is -2.26. The average molecular weight is 383 g/mol. The number of ether oxygens (including phenoxy) is 1. The fraction of sp³-hybridized carbons (Fsp3) is 0.458. The largest absolute Gasteiger partial charge is 0.508 e. The molecule has 2 aromatic rings. The molecule has 1 aromatic heterocycles. The normalized spacial score (nSPS) is 21.5. The summed E-state index contributed by atoms with van der Waals surface area (Å²) in [5.41, 5.74) is 2.92. The van der Waals surface area contributed by atoms with Crippen LogP contribution in [-0.2, 0) is 5.41 Å². The van der Waals surface area contributed by atoms with Gasteiger partial charge >= 0.3 is 5.63 Å². The van der Waals surface area contributed by atoms with Crippen molar-refractivity contribution in [2.45, 2.75) is 71.8 Å². The van der Waals surface area contributed by atoms with Gasteiger partial charge in [-0.1, -0.05) is 30.2 Å². The van der Waals surface area contributed by atoms with Crippen LogP contribution in [0.3, 0.4) is 0 Å². The van der Waals surface area contributed by atoms with Crippen molar-refractivity contribution in [3.05, 3.63) is 57.5 Å². The number of allylic oxidation sites excluding steroid dienone is 4. The zero-order valence-electron chi connectivity index (χ0n) is 17.5. The zero-order valence-corrected chi connectivity index (χ0v) is 17.5. The molecule has 0 fully saturated rings. The minimum atomic E-state index is -0.404. The molecule has 1 aliphatic rings. The fourth-order valence-electron chi connectivity index (χ4n) is 3.92. The van der Waals surface area contributed by atoms with Crippen molar-refractivity contribution >= 4 is 11.0 Å². The van der Waals surface area contributed by atoms with Crippen molar-refractivity contribution in [3.8, 4) is 11.5 Å². The van der Waals surface area contributed by atoms with Gasteiger partial charge in [0.2, 0.25) is 0 Å². The maximum Gasteiger partial charge on any atom is 0.343 e. The van der Waals surface area contributed by atoms with Crippen molar-refractivity contribution in [1.29, 1.82) is 0 Å². The first kappa shape index (κ1) is 20.2. The summed E-state index contributed by atoms with van der Waals surface area (Å²) in [7, 11) is 0. The van der Waals surface area contributed by atoms with Crippen LogP contribution < -0.4 is 10.4 Å². The third kappa shape index (κ3) is 3.87. The SMILES string of the molecule is CC(C)=CCC/C(C)=C/CC[C@@]1(C)c2c(c3ccc(O)cc3oc2=O)O[C@@H]1C. The first-order valence-electron chi connectivity index (χ1n) is 9.98. The summed E-state index contributed by atoms with van der Waals surface area (Å²) in [5, 5.41) is 10.4. The minimum absolute atomic E-state index is 0.0677. The van der Waals surface area contributed by atoms with E-state index in [2.05, 4.69) is 39.8 Å². The van der Waals surface area contributed by atoms with E-state index in [0.717, 1.165) is 31.1 Å². The standard InChI is InChI=1S/C24H30O4/c1-15(2)8-6-9-16(3)10-7-13-24(5)17(4)27-22-19-12-11-18(25)14-20(19)28-23(26)21(22)24/h8,10-12,14,17,25H,6-7,9,13H2,1-5H3/b16-10+/t17-,24-/m1/s1. The monoisotopic (exact) mass is 382 g/mol. The summed E-state index contributed by atoms with van der Waals surface area (Å²) >= 11 is 0. The van der Waals surface area contributed by atoms with Crippen LogP contribution >= 0.6 is 0 Å². The second-order valence-corrected chi connectivity index (χ2v) is 8.36. The van der Waals surface area contributed by atoms with E-state index in [9.17, 15) is 9.90 Å². The van der Waals surface area contributed by atoms with E-state index in [1.165, 1.54) is 17.2 Å². The quantitative estimate of drug-likeness (QED) is 0.491. The molecule has 4 heteroatoms. The highest BCUT2D eigenvalue weighted by molar-refractivity contribution is 5.86. The second-order valence-electron chi connectivity index (χ2n) is 8.36. The Labute approximate surface area is 166 Å². The summed E-state index contributed by atoms with van der Waals surface area (Å²) in [6.07, 6.45) is 8.23. The van der Waals surface area contributed by atoms with Gasteiger partial charge in [0.15, 0.2) is 0 Å². The molecule has 1 aromatic carbocycles. The number of hydrogen-bond donors (Lipinski definition) is 1. The number of rotatable bonds is 6. The van der Waals surface area contributed by atoms with Crippen LogP contribution in [0.15, 0.2) is 50.7 Å². The first-order valence-corrected chi connectivity index (χ1v) is 9.98. The van der Waals surface area contributed by atoms with Crippen LogP contribution in [0.1, 0.15) is 65.9 Å². The molecule has 2 heterocycles. The maximum atomic E-state index is 12.7. The lowest BCUT2D eigenvalue weighted by Crippen LogP contribution is -2.35. The Hall–Kier alpha value is -2.49. The Bertz CT molecular complexity index is 992. The Morgan fingerprint density at radius 1 is 1.21 bits per heavy atom. The molecule has 0 bridgehead atoms. The van der Waals surface area contributed by atoms with Gasteiger partial charge < -0.3 is 14.3 Å². The Kier molecular flexibility index (Phi) is 5.69. The van der Waals surface area contributed by atoms with E-state index in [-0.39, 0.29) is 17.5 Å². The van der Waals surface area contributed by atoms with Crippen LogP contribution in [0, 0.1) is 0 Å². The van der Waals surface area contributed by atoms with Gasteiger partial charge in [-0.15, -0.1) is 0 Å².